The lowest BCUT2D eigenvalue weighted by atomic mass is 9.99. The molecule has 3 nitrogen and oxygen atoms in total. The lowest BCUT2D eigenvalue weighted by molar-refractivity contribution is 0.180. The zero-order valence-electron chi connectivity index (χ0n) is 12.2. The summed E-state index contributed by atoms with van der Waals surface area (Å²) >= 11 is 6.50. The zero-order valence-corrected chi connectivity index (χ0v) is 13.0. The molecule has 0 bridgehead atoms. The summed E-state index contributed by atoms with van der Waals surface area (Å²) in [4.78, 5) is 6.11. The summed E-state index contributed by atoms with van der Waals surface area (Å²) < 4.78 is 0. The van der Waals surface area contributed by atoms with Crippen molar-refractivity contribution >= 4 is 22.5 Å². The lowest BCUT2D eigenvalue weighted by Gasteiger charge is -2.32. The van der Waals surface area contributed by atoms with Gasteiger partial charge in [0.1, 0.15) is 0 Å². The fraction of sp³-hybridized carbons (Fsp3) is 0.529. The van der Waals surface area contributed by atoms with E-state index in [4.69, 9.17) is 11.6 Å². The van der Waals surface area contributed by atoms with Crippen molar-refractivity contribution in [3.8, 4) is 0 Å². The number of benzene rings is 1. The van der Waals surface area contributed by atoms with Crippen LogP contribution in [0.2, 0.25) is 5.02 Å². The zero-order chi connectivity index (χ0) is 14.2. The molecule has 0 radical (unpaired) electrons. The molecule has 2 aliphatic rings. The summed E-state index contributed by atoms with van der Waals surface area (Å²) in [6.45, 7) is 3.38. The monoisotopic (exact) mass is 303 g/mol. The average Bonchev–Trinajstić information content (AvgIpc) is 3.07. The number of piperidine rings is 1. The van der Waals surface area contributed by atoms with Gasteiger partial charge in [-0.1, -0.05) is 36.2 Å². The molecule has 2 saturated heterocycles. The maximum absolute atomic E-state index is 6.50. The van der Waals surface area contributed by atoms with Gasteiger partial charge in [-0.25, -0.2) is 0 Å². The Hall–Kier alpha value is -1.03. The molecule has 4 rings (SSSR count). The normalized spacial score (nSPS) is 26.3. The molecule has 112 valence electrons. The first-order valence-corrected chi connectivity index (χ1v) is 8.43. The smallest absolute Gasteiger partial charge is 0.0705 e. The predicted octanol–water partition coefficient (Wildman–Crippen LogP) is 3.54. The minimum atomic E-state index is 0.618. The van der Waals surface area contributed by atoms with Gasteiger partial charge < -0.3 is 10.3 Å². The molecule has 2 unspecified atom stereocenters. The summed E-state index contributed by atoms with van der Waals surface area (Å²) in [7, 11) is 0. The Morgan fingerprint density at radius 1 is 1.19 bits per heavy atom. The molecule has 4 heteroatoms. The first-order chi connectivity index (χ1) is 10.3. The third-order valence-electron chi connectivity index (χ3n) is 5.11. The quantitative estimate of drug-likeness (QED) is 0.909. The van der Waals surface area contributed by atoms with Crippen LogP contribution in [0.15, 0.2) is 24.3 Å². The first kappa shape index (κ1) is 13.6. The van der Waals surface area contributed by atoms with Gasteiger partial charge in [0, 0.05) is 41.8 Å². The number of hydrogen-bond donors (Lipinski definition) is 2. The van der Waals surface area contributed by atoms with Crippen LogP contribution >= 0.6 is 11.6 Å². The van der Waals surface area contributed by atoms with E-state index < -0.39 is 0 Å². The molecule has 21 heavy (non-hydrogen) atoms. The number of aromatic amines is 1. The molecular formula is C17H22ClN3. The maximum Gasteiger partial charge on any atom is 0.0705 e. The number of halogens is 1. The molecule has 0 aliphatic carbocycles. The first-order valence-electron chi connectivity index (χ1n) is 8.05. The number of fused-ring (bicyclic) bond motifs is 2. The van der Waals surface area contributed by atoms with Crippen LogP contribution in [0.25, 0.3) is 10.9 Å². The number of rotatable bonds is 3. The van der Waals surface area contributed by atoms with E-state index in [0.29, 0.717) is 6.04 Å². The molecule has 2 N–H and O–H groups in total. The van der Waals surface area contributed by atoms with Gasteiger partial charge in [0.05, 0.1) is 5.02 Å². The van der Waals surface area contributed by atoms with Crippen molar-refractivity contribution in [2.24, 2.45) is 0 Å². The third-order valence-corrected chi connectivity index (χ3v) is 5.54. The molecule has 0 spiro atoms. The second-order valence-electron chi connectivity index (χ2n) is 6.34. The van der Waals surface area contributed by atoms with Crippen molar-refractivity contribution in [2.75, 3.05) is 13.1 Å². The van der Waals surface area contributed by atoms with Gasteiger partial charge in [0.15, 0.2) is 0 Å². The minimum Gasteiger partial charge on any atom is -0.356 e. The highest BCUT2D eigenvalue weighted by Gasteiger charge is 2.35. The third kappa shape index (κ3) is 2.48. The van der Waals surface area contributed by atoms with E-state index in [2.05, 4.69) is 27.3 Å². The number of nitrogens with zero attached hydrogens (tertiary/aromatic N) is 1. The van der Waals surface area contributed by atoms with Crippen LogP contribution in [-0.2, 0) is 6.54 Å². The van der Waals surface area contributed by atoms with Crippen molar-refractivity contribution in [3.63, 3.8) is 0 Å². The minimum absolute atomic E-state index is 0.618. The molecule has 2 atom stereocenters. The standard InChI is InChI=1S/C17H22ClN3/c18-17-12-5-1-2-6-13(12)20-15(17)11-19-14-8-10-21-9-4-3-7-16(14)21/h1-2,5-6,14,16,19-20H,3-4,7-11H2. The highest BCUT2D eigenvalue weighted by Crippen LogP contribution is 2.29. The van der Waals surface area contributed by atoms with Crippen LogP contribution in [0.3, 0.4) is 0 Å². The summed E-state index contributed by atoms with van der Waals surface area (Å²) in [5, 5.41) is 5.74. The number of H-pyrrole nitrogens is 1. The molecular weight excluding hydrogens is 282 g/mol. The Kier molecular flexibility index (Phi) is 3.66. The van der Waals surface area contributed by atoms with Gasteiger partial charge in [0.2, 0.25) is 0 Å². The Balaban J connectivity index is 1.47. The van der Waals surface area contributed by atoms with Crippen LogP contribution < -0.4 is 5.32 Å². The largest absolute Gasteiger partial charge is 0.356 e. The SMILES string of the molecule is Clc1c(CNC2CCN3CCCCC23)[nH]c2ccccc12. The van der Waals surface area contributed by atoms with E-state index in [1.54, 1.807) is 0 Å². The Morgan fingerprint density at radius 2 is 2.10 bits per heavy atom. The number of nitrogens with one attached hydrogen (secondary N) is 2. The highest BCUT2D eigenvalue weighted by atomic mass is 35.5. The molecule has 1 aromatic carbocycles. The molecule has 2 aliphatic heterocycles. The van der Waals surface area contributed by atoms with Gasteiger partial charge in [-0.05, 0) is 31.9 Å². The summed E-state index contributed by atoms with van der Waals surface area (Å²) in [5.74, 6) is 0. The van der Waals surface area contributed by atoms with Gasteiger partial charge in [-0.2, -0.15) is 0 Å². The molecule has 2 fully saturated rings. The van der Waals surface area contributed by atoms with Crippen molar-refractivity contribution in [1.82, 2.24) is 15.2 Å². The summed E-state index contributed by atoms with van der Waals surface area (Å²) in [5.41, 5.74) is 2.25. The van der Waals surface area contributed by atoms with Crippen LogP contribution in [0.5, 0.6) is 0 Å². The van der Waals surface area contributed by atoms with Gasteiger partial charge in [-0.15, -0.1) is 0 Å². The molecule has 0 saturated carbocycles. The second kappa shape index (κ2) is 5.64. The fourth-order valence-electron chi connectivity index (χ4n) is 4.00. The van der Waals surface area contributed by atoms with E-state index >= 15 is 0 Å². The van der Waals surface area contributed by atoms with Crippen molar-refractivity contribution in [2.45, 2.75) is 44.3 Å². The van der Waals surface area contributed by atoms with Gasteiger partial charge >= 0.3 is 0 Å². The molecule has 3 heterocycles. The fourth-order valence-corrected chi connectivity index (χ4v) is 4.28. The number of aromatic nitrogens is 1. The summed E-state index contributed by atoms with van der Waals surface area (Å²) in [6.07, 6.45) is 5.37. The Bertz CT molecular complexity index is 636. The Labute approximate surface area is 130 Å². The van der Waals surface area contributed by atoms with Crippen LogP contribution in [0, 0.1) is 0 Å². The topological polar surface area (TPSA) is 31.1 Å². The number of para-hydroxylation sites is 1. The van der Waals surface area contributed by atoms with Crippen molar-refractivity contribution in [1.29, 1.82) is 0 Å². The van der Waals surface area contributed by atoms with E-state index in [9.17, 15) is 0 Å². The molecule has 0 amide bonds. The highest BCUT2D eigenvalue weighted by molar-refractivity contribution is 6.36. The van der Waals surface area contributed by atoms with Crippen LogP contribution in [0.4, 0.5) is 0 Å². The van der Waals surface area contributed by atoms with Gasteiger partial charge in [-0.3, -0.25) is 4.90 Å². The summed E-state index contributed by atoms with van der Waals surface area (Å²) in [6, 6.07) is 9.60. The van der Waals surface area contributed by atoms with Crippen LogP contribution in [0.1, 0.15) is 31.4 Å². The van der Waals surface area contributed by atoms with E-state index in [1.807, 2.05) is 12.1 Å². The maximum atomic E-state index is 6.50. The lowest BCUT2D eigenvalue weighted by Crippen LogP contribution is -2.44. The van der Waals surface area contributed by atoms with E-state index in [0.717, 1.165) is 34.2 Å². The predicted molar refractivity (Wildman–Crippen MR) is 87.8 cm³/mol. The van der Waals surface area contributed by atoms with Gasteiger partial charge in [0.25, 0.3) is 0 Å². The van der Waals surface area contributed by atoms with Crippen LogP contribution in [-0.4, -0.2) is 35.1 Å². The average molecular weight is 304 g/mol. The van der Waals surface area contributed by atoms with Crippen molar-refractivity contribution < 1.29 is 0 Å². The van der Waals surface area contributed by atoms with E-state index in [1.165, 1.54) is 38.8 Å². The van der Waals surface area contributed by atoms with Crippen molar-refractivity contribution in [3.05, 3.63) is 35.0 Å². The Morgan fingerprint density at radius 3 is 3.00 bits per heavy atom. The number of hydrogen-bond acceptors (Lipinski definition) is 2. The molecule has 2 aromatic rings. The van der Waals surface area contributed by atoms with E-state index in [-0.39, 0.29) is 0 Å². The molecule has 1 aromatic heterocycles. The second-order valence-corrected chi connectivity index (χ2v) is 6.72.